The molecule has 0 aromatic rings. The van der Waals surface area contributed by atoms with E-state index in [1.165, 1.54) is 0 Å². The first-order chi connectivity index (χ1) is 13.3. The third-order valence-corrected chi connectivity index (χ3v) is 5.16. The molecular formula is C20H38N6O2. The highest BCUT2D eigenvalue weighted by Crippen LogP contribution is 2.12. The van der Waals surface area contributed by atoms with Crippen LogP contribution in [0.25, 0.3) is 0 Å². The second-order valence-electron chi connectivity index (χ2n) is 8.59. The smallest absolute Gasteiger partial charge is 0.236 e. The summed E-state index contributed by atoms with van der Waals surface area (Å²) in [5.74, 6) is 1.20. The molecule has 0 radical (unpaired) electrons. The number of nitrogens with one attached hydrogen (secondary N) is 2. The molecule has 2 amide bonds. The van der Waals surface area contributed by atoms with E-state index in [9.17, 15) is 9.59 Å². The Labute approximate surface area is 169 Å². The Morgan fingerprint density at radius 1 is 0.929 bits per heavy atom. The van der Waals surface area contributed by atoms with Crippen molar-refractivity contribution in [3.63, 3.8) is 0 Å². The van der Waals surface area contributed by atoms with Crippen molar-refractivity contribution in [1.29, 1.82) is 0 Å². The van der Waals surface area contributed by atoms with E-state index in [-0.39, 0.29) is 17.2 Å². The van der Waals surface area contributed by atoms with E-state index >= 15 is 0 Å². The number of guanidine groups is 1. The Bertz CT molecular complexity index is 543. The first-order valence-corrected chi connectivity index (χ1v) is 10.6. The van der Waals surface area contributed by atoms with Crippen molar-refractivity contribution in [2.45, 2.75) is 40.5 Å². The van der Waals surface area contributed by atoms with Crippen LogP contribution < -0.4 is 10.6 Å². The molecule has 2 N–H and O–H groups in total. The highest BCUT2D eigenvalue weighted by atomic mass is 16.2. The Morgan fingerprint density at radius 2 is 1.57 bits per heavy atom. The summed E-state index contributed by atoms with van der Waals surface area (Å²) >= 11 is 0. The molecule has 0 aliphatic carbocycles. The summed E-state index contributed by atoms with van der Waals surface area (Å²) in [6, 6.07) is 0. The van der Waals surface area contributed by atoms with Gasteiger partial charge in [0.2, 0.25) is 11.8 Å². The van der Waals surface area contributed by atoms with E-state index in [0.717, 1.165) is 64.6 Å². The van der Waals surface area contributed by atoms with Crippen LogP contribution in [0, 0.1) is 5.41 Å². The van der Waals surface area contributed by atoms with E-state index in [0.29, 0.717) is 19.6 Å². The van der Waals surface area contributed by atoms with Crippen LogP contribution in [0.1, 0.15) is 40.5 Å². The van der Waals surface area contributed by atoms with E-state index in [1.54, 1.807) is 0 Å². The summed E-state index contributed by atoms with van der Waals surface area (Å²) < 4.78 is 0. The van der Waals surface area contributed by atoms with Gasteiger partial charge in [0.25, 0.3) is 0 Å². The van der Waals surface area contributed by atoms with E-state index in [1.807, 2.05) is 25.7 Å². The third kappa shape index (κ3) is 6.96. The van der Waals surface area contributed by atoms with Gasteiger partial charge < -0.3 is 20.4 Å². The Kier molecular flexibility index (Phi) is 8.54. The van der Waals surface area contributed by atoms with Gasteiger partial charge >= 0.3 is 0 Å². The fraction of sp³-hybridized carbons (Fsp3) is 0.850. The fourth-order valence-corrected chi connectivity index (χ4v) is 3.40. The lowest BCUT2D eigenvalue weighted by atomic mass is 9.96. The van der Waals surface area contributed by atoms with Crippen LogP contribution in [0.2, 0.25) is 0 Å². The molecular weight excluding hydrogens is 356 g/mol. The van der Waals surface area contributed by atoms with Gasteiger partial charge in [0.1, 0.15) is 0 Å². The molecule has 2 aliphatic heterocycles. The predicted molar refractivity (Wildman–Crippen MR) is 112 cm³/mol. The molecule has 0 aromatic heterocycles. The van der Waals surface area contributed by atoms with Crippen LogP contribution in [0.5, 0.6) is 0 Å². The predicted octanol–water partition coefficient (Wildman–Crippen LogP) is 0.354. The number of carbonyl (C=O) groups is 2. The molecule has 2 aliphatic rings. The molecule has 28 heavy (non-hydrogen) atoms. The number of hydrogen-bond acceptors (Lipinski definition) is 4. The zero-order valence-corrected chi connectivity index (χ0v) is 18.1. The van der Waals surface area contributed by atoms with Gasteiger partial charge in [-0.2, -0.15) is 0 Å². The molecule has 2 saturated heterocycles. The average Bonchev–Trinajstić information content (AvgIpc) is 3.19. The zero-order chi connectivity index (χ0) is 20.6. The minimum atomic E-state index is -0.378. The third-order valence-electron chi connectivity index (χ3n) is 5.16. The molecule has 0 bridgehead atoms. The number of hydrogen-bond donors (Lipinski definition) is 2. The molecule has 0 atom stereocenters. The van der Waals surface area contributed by atoms with E-state index in [4.69, 9.17) is 0 Å². The maximum atomic E-state index is 12.3. The van der Waals surface area contributed by atoms with Crippen LogP contribution in [-0.2, 0) is 9.59 Å². The first kappa shape index (κ1) is 22.5. The zero-order valence-electron chi connectivity index (χ0n) is 18.1. The number of piperazine rings is 1. The van der Waals surface area contributed by atoms with Gasteiger partial charge in [0.15, 0.2) is 5.96 Å². The highest BCUT2D eigenvalue weighted by Gasteiger charge is 2.24. The van der Waals surface area contributed by atoms with Crippen molar-refractivity contribution >= 4 is 17.8 Å². The quantitative estimate of drug-likeness (QED) is 0.386. The molecule has 2 rings (SSSR count). The van der Waals surface area contributed by atoms with Gasteiger partial charge in [0.05, 0.1) is 13.1 Å². The Morgan fingerprint density at radius 3 is 2.14 bits per heavy atom. The Hall–Kier alpha value is -1.83. The van der Waals surface area contributed by atoms with Crippen LogP contribution in [0.4, 0.5) is 0 Å². The second-order valence-corrected chi connectivity index (χ2v) is 8.59. The lowest BCUT2D eigenvalue weighted by Gasteiger charge is -2.36. The molecule has 2 heterocycles. The largest absolute Gasteiger partial charge is 0.357 e. The summed E-state index contributed by atoms with van der Waals surface area (Å²) in [6.07, 6.45) is 2.27. The number of rotatable bonds is 6. The summed E-state index contributed by atoms with van der Waals surface area (Å²) in [6.45, 7) is 15.5. The van der Waals surface area contributed by atoms with E-state index in [2.05, 4.69) is 32.3 Å². The van der Waals surface area contributed by atoms with E-state index < -0.39 is 0 Å². The van der Waals surface area contributed by atoms with Gasteiger partial charge in [-0.15, -0.1) is 0 Å². The van der Waals surface area contributed by atoms with Crippen molar-refractivity contribution in [2.75, 3.05) is 65.4 Å². The number of aliphatic imine (C=N–C) groups is 1. The summed E-state index contributed by atoms with van der Waals surface area (Å²) in [7, 11) is 0. The van der Waals surface area contributed by atoms with Crippen LogP contribution in [0.3, 0.4) is 0 Å². The molecule has 0 aromatic carbocycles. The van der Waals surface area contributed by atoms with Crippen LogP contribution in [0.15, 0.2) is 4.99 Å². The highest BCUT2D eigenvalue weighted by molar-refractivity contribution is 5.82. The minimum Gasteiger partial charge on any atom is -0.357 e. The molecule has 0 unspecified atom stereocenters. The SMILES string of the molecule is CCNC(=NCCNC(=O)C(C)(C)C)N1CCN(CC(=O)N2CCCC2)CC1. The maximum Gasteiger partial charge on any atom is 0.236 e. The number of likely N-dealkylation sites (tertiary alicyclic amines) is 1. The van der Waals surface area contributed by atoms with Crippen molar-refractivity contribution in [1.82, 2.24) is 25.3 Å². The second kappa shape index (κ2) is 10.6. The van der Waals surface area contributed by atoms with Crippen molar-refractivity contribution in [3.8, 4) is 0 Å². The van der Waals surface area contributed by atoms with Crippen LogP contribution in [-0.4, -0.2) is 97.9 Å². The van der Waals surface area contributed by atoms with Gasteiger partial charge in [-0.25, -0.2) is 0 Å². The molecule has 0 saturated carbocycles. The molecule has 2 fully saturated rings. The average molecular weight is 395 g/mol. The number of carbonyl (C=O) groups excluding carboxylic acids is 2. The van der Waals surface area contributed by atoms with Crippen LogP contribution >= 0.6 is 0 Å². The summed E-state index contributed by atoms with van der Waals surface area (Å²) in [4.78, 5) is 35.4. The van der Waals surface area contributed by atoms with Gasteiger partial charge in [-0.3, -0.25) is 19.5 Å². The monoisotopic (exact) mass is 394 g/mol. The molecule has 8 heteroatoms. The number of amides is 2. The minimum absolute atomic E-state index is 0.0454. The lowest BCUT2D eigenvalue weighted by molar-refractivity contribution is -0.131. The molecule has 8 nitrogen and oxygen atoms in total. The standard InChI is InChI=1S/C20H38N6O2/c1-5-21-19(23-9-8-22-18(28)20(2,3)4)26-14-12-24(13-15-26)16-17(27)25-10-6-7-11-25/h5-16H2,1-4H3,(H,21,23)(H,22,28). The Balaban J connectivity index is 1.76. The molecule has 0 spiro atoms. The van der Waals surface area contributed by atoms with Gasteiger partial charge in [0, 0.05) is 57.8 Å². The fourth-order valence-electron chi connectivity index (χ4n) is 3.40. The summed E-state index contributed by atoms with van der Waals surface area (Å²) in [5, 5.41) is 6.28. The topological polar surface area (TPSA) is 80.3 Å². The normalized spacial score (nSPS) is 19.1. The van der Waals surface area contributed by atoms with Gasteiger partial charge in [-0.1, -0.05) is 20.8 Å². The first-order valence-electron chi connectivity index (χ1n) is 10.6. The number of nitrogens with zero attached hydrogens (tertiary/aromatic N) is 4. The van der Waals surface area contributed by atoms with Gasteiger partial charge in [-0.05, 0) is 19.8 Å². The molecule has 160 valence electrons. The van der Waals surface area contributed by atoms with Crippen molar-refractivity contribution in [3.05, 3.63) is 0 Å². The lowest BCUT2D eigenvalue weighted by Crippen LogP contribution is -2.54. The summed E-state index contributed by atoms with van der Waals surface area (Å²) in [5.41, 5.74) is -0.378. The van der Waals surface area contributed by atoms with Crippen molar-refractivity contribution in [2.24, 2.45) is 10.4 Å². The van der Waals surface area contributed by atoms with Crippen molar-refractivity contribution < 1.29 is 9.59 Å². The maximum absolute atomic E-state index is 12.3.